The van der Waals surface area contributed by atoms with Gasteiger partial charge in [0.15, 0.2) is 0 Å². The second-order valence-corrected chi connectivity index (χ2v) is 7.92. The first-order valence-corrected chi connectivity index (χ1v) is 8.67. The van der Waals surface area contributed by atoms with Gasteiger partial charge in [-0.3, -0.25) is 4.90 Å². The van der Waals surface area contributed by atoms with E-state index in [2.05, 4.69) is 48.0 Å². The zero-order valence-corrected chi connectivity index (χ0v) is 14.6. The van der Waals surface area contributed by atoms with Crippen LogP contribution in [0.1, 0.15) is 33.4 Å². The maximum Gasteiger partial charge on any atom is 0.214 e. The number of rotatable bonds is 4. The smallest absolute Gasteiger partial charge is 0.214 e. The van der Waals surface area contributed by atoms with Gasteiger partial charge >= 0.3 is 0 Å². The van der Waals surface area contributed by atoms with Crippen LogP contribution in [0.4, 0.5) is 5.13 Å². The van der Waals surface area contributed by atoms with Gasteiger partial charge in [-0.25, -0.2) is 9.50 Å². The topological polar surface area (TPSA) is 54.7 Å². The summed E-state index contributed by atoms with van der Waals surface area (Å²) in [5.74, 6) is 0. The Bertz CT molecular complexity index is 592. The highest BCUT2D eigenvalue weighted by Crippen LogP contribution is 2.25. The van der Waals surface area contributed by atoms with Gasteiger partial charge in [0.25, 0.3) is 0 Å². The summed E-state index contributed by atoms with van der Waals surface area (Å²) >= 11 is 1.61. The first-order chi connectivity index (χ1) is 10.4. The van der Waals surface area contributed by atoms with Gasteiger partial charge in [-0.2, -0.15) is 0 Å². The number of hydrogen-bond acceptors (Lipinski definition) is 6. The van der Waals surface area contributed by atoms with Gasteiger partial charge in [0.2, 0.25) is 10.1 Å². The van der Waals surface area contributed by atoms with Crippen LogP contribution in [0.3, 0.4) is 0 Å². The molecular formula is C15H25N5OS. The fourth-order valence-corrected chi connectivity index (χ4v) is 3.44. The summed E-state index contributed by atoms with van der Waals surface area (Å²) in [4.78, 5) is 8.06. The molecular weight excluding hydrogens is 298 g/mol. The number of anilines is 1. The fraction of sp³-hybridized carbons (Fsp3) is 0.733. The minimum atomic E-state index is 0.0602. The predicted molar refractivity (Wildman–Crippen MR) is 89.9 cm³/mol. The fourth-order valence-electron chi connectivity index (χ4n) is 2.55. The molecule has 1 atom stereocenters. The SMILES string of the molecule is CC(CN1CCOCC1)Nc1nn2cc(C(C)(C)C)nc2s1. The minimum Gasteiger partial charge on any atom is -0.379 e. The van der Waals surface area contributed by atoms with Crippen molar-refractivity contribution in [1.82, 2.24) is 19.5 Å². The van der Waals surface area contributed by atoms with Crippen LogP contribution >= 0.6 is 11.3 Å². The third kappa shape index (κ3) is 3.59. The summed E-state index contributed by atoms with van der Waals surface area (Å²) in [6.45, 7) is 13.4. The van der Waals surface area contributed by atoms with Crippen LogP contribution in [-0.2, 0) is 10.2 Å². The van der Waals surface area contributed by atoms with Crippen LogP contribution < -0.4 is 5.32 Å². The molecule has 1 saturated heterocycles. The normalized spacial score (nSPS) is 18.7. The van der Waals surface area contributed by atoms with Crippen molar-refractivity contribution >= 4 is 21.4 Å². The Kier molecular flexibility index (Phi) is 4.38. The highest BCUT2D eigenvalue weighted by atomic mass is 32.1. The lowest BCUT2D eigenvalue weighted by molar-refractivity contribution is 0.0368. The van der Waals surface area contributed by atoms with Crippen LogP contribution in [0.25, 0.3) is 4.96 Å². The lowest BCUT2D eigenvalue weighted by Crippen LogP contribution is -2.42. The van der Waals surface area contributed by atoms with E-state index in [4.69, 9.17) is 4.74 Å². The number of hydrogen-bond donors (Lipinski definition) is 1. The molecule has 22 heavy (non-hydrogen) atoms. The van der Waals surface area contributed by atoms with Crippen molar-refractivity contribution in [1.29, 1.82) is 0 Å². The Morgan fingerprint density at radius 1 is 1.36 bits per heavy atom. The number of aromatic nitrogens is 3. The van der Waals surface area contributed by atoms with Crippen molar-refractivity contribution in [2.45, 2.75) is 39.2 Å². The van der Waals surface area contributed by atoms with Crippen LogP contribution in [0.5, 0.6) is 0 Å². The monoisotopic (exact) mass is 323 g/mol. The molecule has 7 heteroatoms. The Morgan fingerprint density at radius 2 is 2.09 bits per heavy atom. The summed E-state index contributed by atoms with van der Waals surface area (Å²) < 4.78 is 7.27. The number of nitrogens with one attached hydrogen (secondary N) is 1. The lowest BCUT2D eigenvalue weighted by Gasteiger charge is -2.29. The summed E-state index contributed by atoms with van der Waals surface area (Å²) in [5.41, 5.74) is 1.14. The van der Waals surface area contributed by atoms with Crippen LogP contribution in [0.15, 0.2) is 6.20 Å². The molecule has 1 N–H and O–H groups in total. The van der Waals surface area contributed by atoms with Gasteiger partial charge in [-0.05, 0) is 6.92 Å². The first kappa shape index (κ1) is 15.7. The number of nitrogens with zero attached hydrogens (tertiary/aromatic N) is 4. The highest BCUT2D eigenvalue weighted by molar-refractivity contribution is 7.20. The summed E-state index contributed by atoms with van der Waals surface area (Å²) in [7, 11) is 0. The molecule has 1 unspecified atom stereocenters. The van der Waals surface area contributed by atoms with Gasteiger partial charge < -0.3 is 10.1 Å². The molecule has 2 aromatic rings. The molecule has 6 nitrogen and oxygen atoms in total. The largest absolute Gasteiger partial charge is 0.379 e. The van der Waals surface area contributed by atoms with E-state index in [1.165, 1.54) is 0 Å². The molecule has 0 spiro atoms. The highest BCUT2D eigenvalue weighted by Gasteiger charge is 2.20. The lowest BCUT2D eigenvalue weighted by atomic mass is 9.93. The van der Waals surface area contributed by atoms with Crippen molar-refractivity contribution in [3.63, 3.8) is 0 Å². The van der Waals surface area contributed by atoms with Gasteiger partial charge in [0, 0.05) is 31.1 Å². The Hall–Kier alpha value is -1.18. The van der Waals surface area contributed by atoms with E-state index in [1.807, 2.05) is 10.7 Å². The molecule has 3 rings (SSSR count). The van der Waals surface area contributed by atoms with Crippen molar-refractivity contribution in [2.24, 2.45) is 0 Å². The maximum atomic E-state index is 5.38. The summed E-state index contributed by atoms with van der Waals surface area (Å²) in [6.07, 6.45) is 2.03. The van der Waals surface area contributed by atoms with E-state index < -0.39 is 0 Å². The van der Waals surface area contributed by atoms with E-state index in [0.29, 0.717) is 6.04 Å². The van der Waals surface area contributed by atoms with E-state index in [1.54, 1.807) is 11.3 Å². The van der Waals surface area contributed by atoms with Gasteiger partial charge in [-0.1, -0.05) is 32.1 Å². The van der Waals surface area contributed by atoms with Gasteiger partial charge in [0.05, 0.1) is 25.1 Å². The van der Waals surface area contributed by atoms with Gasteiger partial charge in [0.1, 0.15) is 0 Å². The van der Waals surface area contributed by atoms with E-state index in [-0.39, 0.29) is 5.41 Å². The molecule has 3 heterocycles. The second-order valence-electron chi connectivity index (χ2n) is 6.97. The molecule has 0 saturated carbocycles. The zero-order chi connectivity index (χ0) is 15.7. The molecule has 1 aliphatic rings. The number of ether oxygens (including phenoxy) is 1. The molecule has 0 bridgehead atoms. The molecule has 0 aromatic carbocycles. The van der Waals surface area contributed by atoms with Crippen LogP contribution in [0, 0.1) is 0 Å². The second kappa shape index (κ2) is 6.14. The van der Waals surface area contributed by atoms with Crippen LogP contribution in [0.2, 0.25) is 0 Å². The third-order valence-electron chi connectivity index (χ3n) is 3.82. The summed E-state index contributed by atoms with van der Waals surface area (Å²) in [6, 6.07) is 0.357. The Labute approximate surface area is 135 Å². The Morgan fingerprint density at radius 3 is 2.73 bits per heavy atom. The average molecular weight is 323 g/mol. The van der Waals surface area contributed by atoms with E-state index >= 15 is 0 Å². The number of morpholine rings is 1. The molecule has 2 aromatic heterocycles. The van der Waals surface area contributed by atoms with Crippen molar-refractivity contribution in [3.05, 3.63) is 11.9 Å². The standard InChI is InChI=1S/C15H25N5OS/c1-11(9-19-5-7-21-8-6-19)16-13-18-20-10-12(15(2,3)4)17-14(20)22-13/h10-11H,5-9H2,1-4H3,(H,16,18). The van der Waals surface area contributed by atoms with Gasteiger partial charge in [-0.15, -0.1) is 5.10 Å². The molecule has 122 valence electrons. The predicted octanol–water partition coefficient (Wildman–Crippen LogP) is 2.22. The molecule has 0 radical (unpaired) electrons. The molecule has 0 aliphatic carbocycles. The molecule has 1 fully saturated rings. The molecule has 1 aliphatic heterocycles. The Balaban J connectivity index is 1.62. The van der Waals surface area contributed by atoms with E-state index in [9.17, 15) is 0 Å². The van der Waals surface area contributed by atoms with Crippen molar-refractivity contribution in [3.8, 4) is 0 Å². The quantitative estimate of drug-likeness (QED) is 0.935. The number of imidazole rings is 1. The third-order valence-corrected chi connectivity index (χ3v) is 4.67. The van der Waals surface area contributed by atoms with Crippen LogP contribution in [-0.4, -0.2) is 58.4 Å². The average Bonchev–Trinajstić information content (AvgIpc) is 2.97. The maximum absolute atomic E-state index is 5.38. The molecule has 0 amide bonds. The number of fused-ring (bicyclic) bond motifs is 1. The van der Waals surface area contributed by atoms with E-state index in [0.717, 1.165) is 48.6 Å². The summed E-state index contributed by atoms with van der Waals surface area (Å²) in [5, 5.41) is 9.02. The zero-order valence-electron chi connectivity index (χ0n) is 13.8. The van der Waals surface area contributed by atoms with Crippen molar-refractivity contribution < 1.29 is 4.74 Å². The first-order valence-electron chi connectivity index (χ1n) is 7.85. The van der Waals surface area contributed by atoms with Crippen molar-refractivity contribution in [2.75, 3.05) is 38.2 Å². The minimum absolute atomic E-state index is 0.0602.